The summed E-state index contributed by atoms with van der Waals surface area (Å²) < 4.78 is 49.3. The van der Waals surface area contributed by atoms with E-state index in [0.29, 0.717) is 123 Å². The standard InChI is InChI=1S/C41H61N3O13/c1-3-44(4-2)35-8-7-34-31-37(41(48)57-38(34)32-35)40(47)43-14-16-50-18-20-52-22-24-54-26-28-56-30-29-55-27-25-53-23-21-51-19-17-49-15-12-39(46)42-13-11-33-5-9-36(45)10-6-33/h5-10,31-32,45H,3-4,11-30H2,1-2H3,(H,42,46)(H,43,47). The molecule has 1 aromatic heterocycles. The molecule has 16 heteroatoms. The second-order valence-corrected chi connectivity index (χ2v) is 12.5. The molecular formula is C41H61N3O13. The van der Waals surface area contributed by atoms with Crippen molar-refractivity contribution in [3.05, 3.63) is 70.1 Å². The topological polar surface area (TPSA) is 186 Å². The first kappa shape index (κ1) is 47.2. The van der Waals surface area contributed by atoms with Gasteiger partial charge in [0.25, 0.3) is 5.91 Å². The third kappa shape index (κ3) is 20.7. The van der Waals surface area contributed by atoms with Crippen LogP contribution in [0.4, 0.5) is 5.69 Å². The molecule has 2 amide bonds. The lowest BCUT2D eigenvalue weighted by Crippen LogP contribution is -2.31. The number of phenolic OH excluding ortho intramolecular Hbond substituents is 1. The summed E-state index contributed by atoms with van der Waals surface area (Å²) in [7, 11) is 0. The number of nitrogens with one attached hydrogen (secondary N) is 2. The molecule has 3 rings (SSSR count). The Bertz CT molecular complexity index is 1580. The van der Waals surface area contributed by atoms with Gasteiger partial charge in [-0.3, -0.25) is 9.59 Å². The average Bonchev–Trinajstić information content (AvgIpc) is 3.21. The van der Waals surface area contributed by atoms with Crippen molar-refractivity contribution in [1.29, 1.82) is 0 Å². The van der Waals surface area contributed by atoms with Crippen LogP contribution in [0.1, 0.15) is 36.2 Å². The number of rotatable bonds is 34. The molecule has 3 aromatic rings. The Morgan fingerprint density at radius 3 is 1.61 bits per heavy atom. The maximum Gasteiger partial charge on any atom is 0.349 e. The van der Waals surface area contributed by atoms with Gasteiger partial charge >= 0.3 is 5.63 Å². The monoisotopic (exact) mass is 803 g/mol. The number of anilines is 1. The van der Waals surface area contributed by atoms with Crippen LogP contribution in [0, 0.1) is 0 Å². The summed E-state index contributed by atoms with van der Waals surface area (Å²) in [5.74, 6) is -0.346. The van der Waals surface area contributed by atoms with Crippen LogP contribution in [0.15, 0.2) is 57.7 Å². The predicted octanol–water partition coefficient (Wildman–Crippen LogP) is 2.96. The van der Waals surface area contributed by atoms with Crippen LogP contribution < -0.4 is 21.2 Å². The van der Waals surface area contributed by atoms with Crippen LogP contribution in [0.3, 0.4) is 0 Å². The number of ether oxygens (including phenoxy) is 8. The number of amides is 2. The third-order valence-corrected chi connectivity index (χ3v) is 8.37. The zero-order valence-electron chi connectivity index (χ0n) is 33.5. The largest absolute Gasteiger partial charge is 0.508 e. The van der Waals surface area contributed by atoms with Gasteiger partial charge in [-0.05, 0) is 56.2 Å². The average molecular weight is 804 g/mol. The Hall–Kier alpha value is -4.13. The van der Waals surface area contributed by atoms with Crippen molar-refractivity contribution in [1.82, 2.24) is 10.6 Å². The molecule has 57 heavy (non-hydrogen) atoms. The van der Waals surface area contributed by atoms with E-state index in [1.54, 1.807) is 18.2 Å². The van der Waals surface area contributed by atoms with E-state index in [1.165, 1.54) is 0 Å². The van der Waals surface area contributed by atoms with Gasteiger partial charge in [0.1, 0.15) is 16.9 Å². The van der Waals surface area contributed by atoms with Gasteiger partial charge in [-0.2, -0.15) is 0 Å². The molecule has 0 aliphatic heterocycles. The van der Waals surface area contributed by atoms with Crippen molar-refractivity contribution in [3.8, 4) is 5.75 Å². The Kier molecular flexibility index (Phi) is 24.9. The van der Waals surface area contributed by atoms with Gasteiger partial charge in [-0.25, -0.2) is 4.79 Å². The van der Waals surface area contributed by atoms with E-state index in [9.17, 15) is 19.5 Å². The van der Waals surface area contributed by atoms with Crippen LogP contribution in [0.25, 0.3) is 11.0 Å². The van der Waals surface area contributed by atoms with E-state index in [2.05, 4.69) is 29.4 Å². The molecule has 0 atom stereocenters. The van der Waals surface area contributed by atoms with Gasteiger partial charge in [-0.15, -0.1) is 0 Å². The molecule has 0 bridgehead atoms. The van der Waals surface area contributed by atoms with Crippen molar-refractivity contribution < 1.29 is 57.0 Å². The Labute approximate surface area is 335 Å². The van der Waals surface area contributed by atoms with Crippen LogP contribution >= 0.6 is 0 Å². The number of fused-ring (bicyclic) bond motifs is 1. The highest BCUT2D eigenvalue weighted by molar-refractivity contribution is 5.97. The van der Waals surface area contributed by atoms with E-state index in [4.69, 9.17) is 42.3 Å². The van der Waals surface area contributed by atoms with Crippen LogP contribution in [0.5, 0.6) is 5.75 Å². The zero-order valence-corrected chi connectivity index (χ0v) is 33.5. The normalized spacial score (nSPS) is 11.3. The number of hydrogen-bond acceptors (Lipinski definition) is 14. The number of aromatic hydroxyl groups is 1. The molecule has 318 valence electrons. The Morgan fingerprint density at radius 2 is 1.11 bits per heavy atom. The lowest BCUT2D eigenvalue weighted by molar-refractivity contribution is -0.122. The molecule has 0 aliphatic rings. The van der Waals surface area contributed by atoms with E-state index < -0.39 is 11.5 Å². The number of hydrogen-bond donors (Lipinski definition) is 3. The molecule has 0 fully saturated rings. The molecule has 16 nitrogen and oxygen atoms in total. The quantitative estimate of drug-likeness (QED) is 0.0591. The fourth-order valence-corrected chi connectivity index (χ4v) is 5.28. The highest BCUT2D eigenvalue weighted by Crippen LogP contribution is 2.22. The minimum atomic E-state index is -0.678. The first-order valence-corrected chi connectivity index (χ1v) is 19.7. The van der Waals surface area contributed by atoms with Crippen molar-refractivity contribution in [2.75, 3.05) is 137 Å². The molecule has 0 unspecified atom stereocenters. The number of phenols is 1. The predicted molar refractivity (Wildman–Crippen MR) is 214 cm³/mol. The molecule has 2 aromatic carbocycles. The molecular weight excluding hydrogens is 742 g/mol. The summed E-state index contributed by atoms with van der Waals surface area (Å²) in [4.78, 5) is 39.0. The van der Waals surface area contributed by atoms with Crippen molar-refractivity contribution in [3.63, 3.8) is 0 Å². The fraction of sp³-hybridized carbons (Fsp3) is 0.585. The van der Waals surface area contributed by atoms with E-state index in [-0.39, 0.29) is 36.8 Å². The highest BCUT2D eigenvalue weighted by atomic mass is 16.6. The van der Waals surface area contributed by atoms with E-state index in [1.807, 2.05) is 30.3 Å². The number of carbonyl (C=O) groups is 2. The summed E-state index contributed by atoms with van der Waals surface area (Å²) in [6.45, 7) is 13.2. The van der Waals surface area contributed by atoms with Gasteiger partial charge in [0.2, 0.25) is 5.91 Å². The van der Waals surface area contributed by atoms with Crippen molar-refractivity contribution in [2.24, 2.45) is 0 Å². The second-order valence-electron chi connectivity index (χ2n) is 12.5. The van der Waals surface area contributed by atoms with Gasteiger partial charge in [0.05, 0.1) is 106 Å². The lowest BCUT2D eigenvalue weighted by Gasteiger charge is -2.21. The maximum atomic E-state index is 12.6. The lowest BCUT2D eigenvalue weighted by atomic mass is 10.1. The minimum absolute atomic E-state index is 0.0439. The smallest absolute Gasteiger partial charge is 0.349 e. The zero-order chi connectivity index (χ0) is 40.8. The highest BCUT2D eigenvalue weighted by Gasteiger charge is 2.14. The van der Waals surface area contributed by atoms with E-state index in [0.717, 1.165) is 24.3 Å². The van der Waals surface area contributed by atoms with Gasteiger partial charge in [0.15, 0.2) is 0 Å². The molecule has 0 aliphatic carbocycles. The summed E-state index contributed by atoms with van der Waals surface area (Å²) in [5.41, 5.74) is 1.73. The van der Waals surface area contributed by atoms with E-state index >= 15 is 0 Å². The molecule has 0 radical (unpaired) electrons. The number of carbonyl (C=O) groups excluding carboxylic acids is 2. The van der Waals surface area contributed by atoms with Gasteiger partial charge < -0.3 is 63.0 Å². The van der Waals surface area contributed by atoms with Crippen LogP contribution in [-0.4, -0.2) is 149 Å². The summed E-state index contributed by atoms with van der Waals surface area (Å²) in [6.07, 6.45) is 0.989. The van der Waals surface area contributed by atoms with Crippen LogP contribution in [-0.2, 0) is 49.1 Å². The second kappa shape index (κ2) is 30.0. The molecule has 0 saturated carbocycles. The Balaban J connectivity index is 0.997. The maximum absolute atomic E-state index is 12.6. The van der Waals surface area contributed by atoms with Crippen LogP contribution in [0.2, 0.25) is 0 Å². The number of nitrogens with zero attached hydrogens (tertiary/aromatic N) is 1. The minimum Gasteiger partial charge on any atom is -0.508 e. The first-order valence-electron chi connectivity index (χ1n) is 19.7. The van der Waals surface area contributed by atoms with Gasteiger partial charge in [0, 0.05) is 49.7 Å². The fourth-order valence-electron chi connectivity index (χ4n) is 5.28. The van der Waals surface area contributed by atoms with Crippen molar-refractivity contribution >= 4 is 28.5 Å². The van der Waals surface area contributed by atoms with Gasteiger partial charge in [-0.1, -0.05) is 12.1 Å². The third-order valence-electron chi connectivity index (χ3n) is 8.37. The first-order chi connectivity index (χ1) is 27.9. The molecule has 1 heterocycles. The summed E-state index contributed by atoms with van der Waals surface area (Å²) in [6, 6.07) is 14.1. The molecule has 0 saturated heterocycles. The molecule has 3 N–H and O–H groups in total. The summed E-state index contributed by atoms with van der Waals surface area (Å²) in [5, 5.41) is 15.5. The Morgan fingerprint density at radius 1 is 0.614 bits per heavy atom. The number of benzene rings is 2. The summed E-state index contributed by atoms with van der Waals surface area (Å²) >= 11 is 0. The molecule has 0 spiro atoms. The SMILES string of the molecule is CCN(CC)c1ccc2cc(C(=O)NCCOCCOCCOCCOCCOCCOCCOCCOCCC(=O)NCCc3ccc(O)cc3)c(=O)oc2c1. The van der Waals surface area contributed by atoms with Crippen molar-refractivity contribution in [2.45, 2.75) is 26.7 Å².